The topological polar surface area (TPSA) is 56.1 Å². The maximum atomic E-state index is 12.3. The van der Waals surface area contributed by atoms with Crippen LogP contribution in [0.5, 0.6) is 0 Å². The van der Waals surface area contributed by atoms with Crippen molar-refractivity contribution in [3.63, 3.8) is 0 Å². The molecule has 0 radical (unpaired) electrons. The lowest BCUT2D eigenvalue weighted by atomic mass is 9.95. The van der Waals surface area contributed by atoms with Gasteiger partial charge in [-0.25, -0.2) is 4.98 Å². The largest absolute Gasteiger partial charge is 0.385 e. The first-order chi connectivity index (χ1) is 11.5. The normalized spacial score (nSPS) is 17.0. The van der Waals surface area contributed by atoms with Gasteiger partial charge in [0.05, 0.1) is 10.9 Å². The van der Waals surface area contributed by atoms with Crippen LogP contribution in [-0.4, -0.2) is 41.0 Å². The van der Waals surface area contributed by atoms with Crippen LogP contribution in [0.25, 0.3) is 0 Å². The van der Waals surface area contributed by atoms with E-state index in [0.717, 1.165) is 17.3 Å². The second-order valence-electron chi connectivity index (χ2n) is 6.62. The van der Waals surface area contributed by atoms with Crippen LogP contribution in [0.3, 0.4) is 0 Å². The van der Waals surface area contributed by atoms with Gasteiger partial charge in [0, 0.05) is 32.0 Å². The van der Waals surface area contributed by atoms with E-state index in [1.807, 2.05) is 6.92 Å². The van der Waals surface area contributed by atoms with E-state index < -0.39 is 0 Å². The SMILES string of the molecule is COCCCNC(=O)C(C)Sc1nc(C)c(C)n1C1CCCCC1. The minimum Gasteiger partial charge on any atom is -0.385 e. The van der Waals surface area contributed by atoms with Crippen molar-refractivity contribution >= 4 is 17.7 Å². The molecule has 1 fully saturated rings. The number of thioether (sulfide) groups is 1. The summed E-state index contributed by atoms with van der Waals surface area (Å²) < 4.78 is 7.39. The summed E-state index contributed by atoms with van der Waals surface area (Å²) in [5.74, 6) is 0.0737. The van der Waals surface area contributed by atoms with Gasteiger partial charge in [-0.1, -0.05) is 31.0 Å². The van der Waals surface area contributed by atoms with Crippen molar-refractivity contribution in [2.75, 3.05) is 20.3 Å². The number of carbonyl (C=O) groups excluding carboxylic acids is 1. The highest BCUT2D eigenvalue weighted by atomic mass is 32.2. The third-order valence-electron chi connectivity index (χ3n) is 4.77. The molecule has 1 unspecified atom stereocenters. The highest BCUT2D eigenvalue weighted by molar-refractivity contribution is 8.00. The molecule has 136 valence electrons. The second-order valence-corrected chi connectivity index (χ2v) is 7.93. The highest BCUT2D eigenvalue weighted by Crippen LogP contribution is 2.35. The number of nitrogens with one attached hydrogen (secondary N) is 1. The molecule has 1 amide bonds. The van der Waals surface area contributed by atoms with E-state index in [0.29, 0.717) is 19.2 Å². The van der Waals surface area contributed by atoms with Gasteiger partial charge in [-0.15, -0.1) is 0 Å². The van der Waals surface area contributed by atoms with Gasteiger partial charge in [-0.3, -0.25) is 4.79 Å². The minimum atomic E-state index is -0.143. The summed E-state index contributed by atoms with van der Waals surface area (Å²) in [4.78, 5) is 17.0. The maximum Gasteiger partial charge on any atom is 0.233 e. The van der Waals surface area contributed by atoms with E-state index in [4.69, 9.17) is 9.72 Å². The van der Waals surface area contributed by atoms with Gasteiger partial charge >= 0.3 is 0 Å². The van der Waals surface area contributed by atoms with E-state index in [1.165, 1.54) is 37.8 Å². The molecule has 1 saturated carbocycles. The van der Waals surface area contributed by atoms with E-state index in [2.05, 4.69) is 23.7 Å². The Balaban J connectivity index is 2.00. The zero-order chi connectivity index (χ0) is 17.5. The Kier molecular flexibility index (Phi) is 7.62. The Morgan fingerprint density at radius 1 is 1.38 bits per heavy atom. The molecule has 0 aliphatic heterocycles. The second kappa shape index (κ2) is 9.47. The number of aromatic nitrogens is 2. The Hall–Kier alpha value is -1.01. The monoisotopic (exact) mass is 353 g/mol. The van der Waals surface area contributed by atoms with Crippen molar-refractivity contribution in [1.82, 2.24) is 14.9 Å². The summed E-state index contributed by atoms with van der Waals surface area (Å²) in [5, 5.41) is 3.84. The molecular weight excluding hydrogens is 322 g/mol. The van der Waals surface area contributed by atoms with Gasteiger partial charge < -0.3 is 14.6 Å². The number of imidazole rings is 1. The number of methoxy groups -OCH3 is 1. The molecule has 1 aliphatic rings. The van der Waals surface area contributed by atoms with Crippen LogP contribution in [0, 0.1) is 13.8 Å². The highest BCUT2D eigenvalue weighted by Gasteiger charge is 2.24. The third kappa shape index (κ3) is 4.99. The molecule has 2 rings (SSSR count). The summed E-state index contributed by atoms with van der Waals surface area (Å²) in [7, 11) is 1.68. The molecule has 0 saturated heterocycles. The van der Waals surface area contributed by atoms with Crippen molar-refractivity contribution in [2.24, 2.45) is 0 Å². The molecule has 1 aromatic heterocycles. The van der Waals surface area contributed by atoms with Crippen LogP contribution in [0.1, 0.15) is 62.9 Å². The first-order valence-electron chi connectivity index (χ1n) is 9.03. The summed E-state index contributed by atoms with van der Waals surface area (Å²) in [5.41, 5.74) is 2.33. The summed E-state index contributed by atoms with van der Waals surface area (Å²) in [6.07, 6.45) is 7.21. The number of ether oxygens (including phenoxy) is 1. The Bertz CT molecular complexity index is 539. The molecule has 1 N–H and O–H groups in total. The van der Waals surface area contributed by atoms with Crippen molar-refractivity contribution < 1.29 is 9.53 Å². The molecule has 1 atom stereocenters. The smallest absolute Gasteiger partial charge is 0.233 e. The fourth-order valence-electron chi connectivity index (χ4n) is 3.23. The van der Waals surface area contributed by atoms with Gasteiger partial charge in [0.2, 0.25) is 5.91 Å². The van der Waals surface area contributed by atoms with Crippen molar-refractivity contribution in [1.29, 1.82) is 0 Å². The predicted octanol–water partition coefficient (Wildman–Crippen LogP) is 3.64. The molecule has 5 nitrogen and oxygen atoms in total. The van der Waals surface area contributed by atoms with Crippen LogP contribution in [0.15, 0.2) is 5.16 Å². The fraction of sp³-hybridized carbons (Fsp3) is 0.778. The van der Waals surface area contributed by atoms with Crippen LogP contribution >= 0.6 is 11.8 Å². The number of rotatable bonds is 8. The fourth-order valence-corrected chi connectivity index (χ4v) is 4.33. The molecule has 0 bridgehead atoms. The number of amides is 1. The van der Waals surface area contributed by atoms with Gasteiger partial charge in [0.15, 0.2) is 5.16 Å². The average Bonchev–Trinajstić information content (AvgIpc) is 2.86. The van der Waals surface area contributed by atoms with E-state index in [1.54, 1.807) is 18.9 Å². The Labute approximate surface area is 149 Å². The van der Waals surface area contributed by atoms with Crippen molar-refractivity contribution in [3.8, 4) is 0 Å². The first kappa shape index (κ1) is 19.3. The lowest BCUT2D eigenvalue weighted by Crippen LogP contribution is -2.32. The molecule has 0 spiro atoms. The van der Waals surface area contributed by atoms with E-state index >= 15 is 0 Å². The maximum absolute atomic E-state index is 12.3. The molecule has 6 heteroatoms. The molecular formula is C18H31N3O2S. The van der Waals surface area contributed by atoms with Gasteiger partial charge in [-0.05, 0) is 40.0 Å². The van der Waals surface area contributed by atoms with Crippen molar-refractivity contribution in [2.45, 2.75) is 75.7 Å². The standard InChI is InChI=1S/C18H31N3O2S/c1-13-14(2)21(16-9-6-5-7-10-16)18(20-13)24-15(3)17(22)19-11-8-12-23-4/h15-16H,5-12H2,1-4H3,(H,19,22). The zero-order valence-electron chi connectivity index (χ0n) is 15.4. The van der Waals surface area contributed by atoms with Crippen LogP contribution in [0.2, 0.25) is 0 Å². The summed E-state index contributed by atoms with van der Waals surface area (Å²) in [6, 6.07) is 0.541. The lowest BCUT2D eigenvalue weighted by molar-refractivity contribution is -0.120. The number of carbonyl (C=O) groups is 1. The third-order valence-corrected chi connectivity index (χ3v) is 5.84. The molecule has 1 aliphatic carbocycles. The number of hydrogen-bond donors (Lipinski definition) is 1. The predicted molar refractivity (Wildman–Crippen MR) is 98.6 cm³/mol. The zero-order valence-corrected chi connectivity index (χ0v) is 16.2. The molecule has 24 heavy (non-hydrogen) atoms. The number of hydrogen-bond acceptors (Lipinski definition) is 4. The summed E-state index contributed by atoms with van der Waals surface area (Å²) in [6.45, 7) is 7.50. The van der Waals surface area contributed by atoms with Crippen LogP contribution < -0.4 is 5.32 Å². The van der Waals surface area contributed by atoms with Gasteiger partial charge in [-0.2, -0.15) is 0 Å². The average molecular weight is 354 g/mol. The van der Waals surface area contributed by atoms with Crippen LogP contribution in [-0.2, 0) is 9.53 Å². The van der Waals surface area contributed by atoms with Crippen molar-refractivity contribution in [3.05, 3.63) is 11.4 Å². The van der Waals surface area contributed by atoms with E-state index in [9.17, 15) is 4.79 Å². The van der Waals surface area contributed by atoms with Gasteiger partial charge in [0.25, 0.3) is 0 Å². The lowest BCUT2D eigenvalue weighted by Gasteiger charge is -2.26. The minimum absolute atomic E-state index is 0.0737. The first-order valence-corrected chi connectivity index (χ1v) is 9.91. The molecule has 1 aromatic rings. The number of aryl methyl sites for hydroxylation is 1. The summed E-state index contributed by atoms with van der Waals surface area (Å²) >= 11 is 1.58. The Morgan fingerprint density at radius 2 is 2.08 bits per heavy atom. The quantitative estimate of drug-likeness (QED) is 0.573. The Morgan fingerprint density at radius 3 is 2.75 bits per heavy atom. The molecule has 0 aromatic carbocycles. The van der Waals surface area contributed by atoms with Gasteiger partial charge in [0.1, 0.15) is 0 Å². The number of nitrogens with zero attached hydrogens (tertiary/aromatic N) is 2. The van der Waals surface area contributed by atoms with E-state index in [-0.39, 0.29) is 11.2 Å². The molecule has 1 heterocycles. The van der Waals surface area contributed by atoms with Crippen LogP contribution in [0.4, 0.5) is 0 Å².